The first kappa shape index (κ1) is 43.8. The van der Waals surface area contributed by atoms with Gasteiger partial charge in [0, 0.05) is 72.0 Å². The second-order valence-corrected chi connectivity index (χ2v) is 18.7. The molecule has 1 amide bonds. The minimum absolute atomic E-state index is 0.00570. The Balaban J connectivity index is 0.956. The molecule has 0 radical (unpaired) electrons. The lowest BCUT2D eigenvalue weighted by Crippen LogP contribution is -2.47. The van der Waals surface area contributed by atoms with Crippen molar-refractivity contribution in [3.63, 3.8) is 0 Å². The Morgan fingerprint density at radius 2 is 1.67 bits per heavy atom. The predicted molar refractivity (Wildman–Crippen MR) is 234 cm³/mol. The number of hydrogen-bond donors (Lipinski definition) is 1. The van der Waals surface area contributed by atoms with Crippen LogP contribution in [0.3, 0.4) is 0 Å². The Labute approximate surface area is 362 Å². The standard InChI is InChI=1S/C44H51N5O10S2/c1-7-30-31-23-29(57-42(54)58-43(3,4)5)13-14-35(31)46-37-32(30)25-49-36(37)24-34-33(39(49)51)26-56-40(52)44(34,8-2)59-41(53)55-20-22-61-60-21-15-45-38(50)27-9-11-28(12-10-27)48-18-16-47(6)17-19-48/h9-14,23-24H,7-8,15-22,25-26H2,1-6H3,(H,45,50)/t44-/m0/s1. The highest BCUT2D eigenvalue weighted by atomic mass is 33.1. The number of nitrogens with zero attached hydrogens (tertiary/aromatic N) is 4. The van der Waals surface area contributed by atoms with Gasteiger partial charge in [-0.1, -0.05) is 35.4 Å². The highest BCUT2D eigenvalue weighted by Crippen LogP contribution is 2.42. The summed E-state index contributed by atoms with van der Waals surface area (Å²) in [6.07, 6.45) is -1.30. The summed E-state index contributed by atoms with van der Waals surface area (Å²) >= 11 is 0. The number of cyclic esters (lactones) is 1. The first-order valence-corrected chi connectivity index (χ1v) is 22.9. The number of esters is 1. The van der Waals surface area contributed by atoms with Gasteiger partial charge in [-0.15, -0.1) is 0 Å². The summed E-state index contributed by atoms with van der Waals surface area (Å²) in [7, 11) is 5.12. The van der Waals surface area contributed by atoms with E-state index >= 15 is 0 Å². The van der Waals surface area contributed by atoms with E-state index in [9.17, 15) is 24.0 Å². The quantitative estimate of drug-likeness (QED) is 0.0437. The molecule has 0 aliphatic carbocycles. The van der Waals surface area contributed by atoms with Crippen molar-refractivity contribution in [1.82, 2.24) is 19.8 Å². The lowest BCUT2D eigenvalue weighted by atomic mass is 9.85. The molecule has 3 aliphatic heterocycles. The number of aryl methyl sites for hydroxylation is 1. The fourth-order valence-corrected chi connectivity index (χ4v) is 9.51. The van der Waals surface area contributed by atoms with Gasteiger partial charge in [0.25, 0.3) is 11.5 Å². The van der Waals surface area contributed by atoms with Crippen molar-refractivity contribution in [1.29, 1.82) is 0 Å². The zero-order valence-electron chi connectivity index (χ0n) is 35.3. The highest BCUT2D eigenvalue weighted by Gasteiger charge is 2.51. The average molecular weight is 874 g/mol. The van der Waals surface area contributed by atoms with Crippen LogP contribution in [0, 0.1) is 0 Å². The van der Waals surface area contributed by atoms with Crippen LogP contribution in [0.4, 0.5) is 15.3 Å². The number of ether oxygens (including phenoxy) is 5. The summed E-state index contributed by atoms with van der Waals surface area (Å²) < 4.78 is 29.1. The van der Waals surface area contributed by atoms with E-state index in [0.717, 1.165) is 48.4 Å². The van der Waals surface area contributed by atoms with E-state index in [1.165, 1.54) is 21.6 Å². The van der Waals surface area contributed by atoms with Crippen LogP contribution < -0.4 is 20.5 Å². The molecule has 1 fully saturated rings. The molecule has 17 heteroatoms. The minimum Gasteiger partial charge on any atom is -0.457 e. The Bertz CT molecular complexity index is 2390. The summed E-state index contributed by atoms with van der Waals surface area (Å²) in [6.45, 7) is 13.3. The number of benzene rings is 2. The van der Waals surface area contributed by atoms with Gasteiger partial charge in [0.1, 0.15) is 24.6 Å². The van der Waals surface area contributed by atoms with Gasteiger partial charge >= 0.3 is 18.3 Å². The smallest absolute Gasteiger partial charge is 0.457 e. The van der Waals surface area contributed by atoms with Gasteiger partial charge in [-0.3, -0.25) is 9.59 Å². The van der Waals surface area contributed by atoms with Gasteiger partial charge in [-0.2, -0.15) is 0 Å². The molecule has 61 heavy (non-hydrogen) atoms. The summed E-state index contributed by atoms with van der Waals surface area (Å²) in [6, 6.07) is 14.5. The van der Waals surface area contributed by atoms with Crippen LogP contribution in [-0.2, 0) is 48.9 Å². The Hall–Kier alpha value is -5.26. The third-order valence-corrected chi connectivity index (χ3v) is 13.3. The van der Waals surface area contributed by atoms with Crippen molar-refractivity contribution in [2.24, 2.45) is 0 Å². The van der Waals surface area contributed by atoms with Crippen LogP contribution in [0.25, 0.3) is 22.3 Å². The second-order valence-electron chi connectivity index (χ2n) is 16.0. The molecule has 1 saturated heterocycles. The van der Waals surface area contributed by atoms with Gasteiger partial charge in [-0.25, -0.2) is 19.4 Å². The van der Waals surface area contributed by atoms with E-state index in [-0.39, 0.29) is 48.8 Å². The number of carbonyl (C=O) groups is 4. The summed E-state index contributed by atoms with van der Waals surface area (Å²) in [4.78, 5) is 75.4. The first-order chi connectivity index (χ1) is 29.2. The monoisotopic (exact) mass is 873 g/mol. The number of fused-ring (bicyclic) bond motifs is 5. The molecular formula is C44H51N5O10S2. The maximum Gasteiger partial charge on any atom is 0.514 e. The first-order valence-electron chi connectivity index (χ1n) is 20.4. The van der Waals surface area contributed by atoms with Crippen LogP contribution in [0.15, 0.2) is 53.3 Å². The molecule has 15 nitrogen and oxygen atoms in total. The highest BCUT2D eigenvalue weighted by molar-refractivity contribution is 8.76. The molecule has 1 atom stereocenters. The van der Waals surface area contributed by atoms with Crippen molar-refractivity contribution in [2.75, 3.05) is 62.8 Å². The van der Waals surface area contributed by atoms with E-state index in [4.69, 9.17) is 28.7 Å². The fourth-order valence-electron chi connectivity index (χ4n) is 7.78. The van der Waals surface area contributed by atoms with Crippen LogP contribution in [-0.4, -0.2) is 102 Å². The van der Waals surface area contributed by atoms with Crippen LogP contribution in [0.5, 0.6) is 5.75 Å². The molecule has 0 unspecified atom stereocenters. The number of aromatic nitrogens is 2. The normalized spacial score (nSPS) is 17.2. The maximum absolute atomic E-state index is 14.1. The van der Waals surface area contributed by atoms with Crippen molar-refractivity contribution >= 4 is 62.4 Å². The van der Waals surface area contributed by atoms with Gasteiger partial charge < -0.3 is 43.4 Å². The largest absolute Gasteiger partial charge is 0.514 e. The second kappa shape index (κ2) is 18.4. The van der Waals surface area contributed by atoms with Gasteiger partial charge in [0.05, 0.1) is 29.0 Å². The summed E-state index contributed by atoms with van der Waals surface area (Å²) in [5.41, 5.74) is 2.59. The molecule has 7 rings (SSSR count). The molecule has 4 aromatic rings. The number of likely N-dealkylation sites (N-methyl/N-ethyl adjacent to an activating group) is 1. The van der Waals surface area contributed by atoms with Crippen LogP contribution in [0.1, 0.15) is 73.7 Å². The van der Waals surface area contributed by atoms with Crippen molar-refractivity contribution in [2.45, 2.75) is 71.8 Å². The molecule has 5 heterocycles. The molecule has 1 N–H and O–H groups in total. The Morgan fingerprint density at radius 1 is 0.934 bits per heavy atom. The number of piperazine rings is 1. The molecular weight excluding hydrogens is 823 g/mol. The van der Waals surface area contributed by atoms with E-state index in [0.29, 0.717) is 52.7 Å². The molecule has 2 aromatic carbocycles. The molecule has 2 aromatic heterocycles. The number of hydrogen-bond acceptors (Lipinski definition) is 15. The minimum atomic E-state index is -1.91. The number of rotatable bonds is 13. The van der Waals surface area contributed by atoms with Crippen molar-refractivity contribution in [3.05, 3.63) is 86.7 Å². The number of nitrogens with one attached hydrogen (secondary N) is 1. The average Bonchev–Trinajstić information content (AvgIpc) is 3.60. The zero-order valence-corrected chi connectivity index (χ0v) is 36.9. The maximum atomic E-state index is 14.1. The van der Waals surface area contributed by atoms with Gasteiger partial charge in [0.2, 0.25) is 5.60 Å². The number of anilines is 1. The van der Waals surface area contributed by atoms with E-state index in [1.807, 2.05) is 31.2 Å². The summed E-state index contributed by atoms with van der Waals surface area (Å²) in [5.74, 6) is 0.438. The lowest BCUT2D eigenvalue weighted by molar-refractivity contribution is -0.175. The number of carbonyl (C=O) groups excluding carboxylic acids is 4. The van der Waals surface area contributed by atoms with Crippen molar-refractivity contribution < 1.29 is 42.9 Å². The van der Waals surface area contributed by atoms with Crippen LogP contribution in [0.2, 0.25) is 0 Å². The third kappa shape index (κ3) is 9.48. The SMILES string of the molecule is CCc1c2c(nc3ccc(OC(=O)OC(C)(C)C)cc13)-c1cc3c(c(=O)n1C2)COC(=O)[C@@]3(CC)OC(=O)OCCSSCCNC(=O)c1ccc(N2CCN(C)CC2)cc1. The molecule has 0 spiro atoms. The Morgan fingerprint density at radius 3 is 2.38 bits per heavy atom. The van der Waals surface area contributed by atoms with E-state index < -0.39 is 29.5 Å². The van der Waals surface area contributed by atoms with E-state index in [1.54, 1.807) is 56.5 Å². The van der Waals surface area contributed by atoms with Crippen molar-refractivity contribution in [3.8, 4) is 17.1 Å². The number of amides is 1. The van der Waals surface area contributed by atoms with Crippen LogP contribution >= 0.6 is 21.6 Å². The summed E-state index contributed by atoms with van der Waals surface area (Å²) in [5, 5.41) is 3.71. The third-order valence-electron chi connectivity index (χ3n) is 10.9. The van der Waals surface area contributed by atoms with Gasteiger partial charge in [0.15, 0.2) is 0 Å². The topological polar surface area (TPSA) is 168 Å². The Kier molecular flexibility index (Phi) is 13.2. The predicted octanol–water partition coefficient (Wildman–Crippen LogP) is 6.68. The zero-order chi connectivity index (χ0) is 43.5. The molecule has 324 valence electrons. The molecule has 0 saturated carbocycles. The van der Waals surface area contributed by atoms with Gasteiger partial charge in [-0.05, 0) is 94.8 Å². The molecule has 3 aliphatic rings. The van der Waals surface area contributed by atoms with E-state index in [2.05, 4.69) is 22.2 Å². The number of pyridine rings is 2. The molecule has 0 bridgehead atoms. The lowest BCUT2D eigenvalue weighted by Gasteiger charge is -2.35. The fraction of sp³-hybridized carbons (Fsp3) is 0.455.